The van der Waals surface area contributed by atoms with Crippen LogP contribution in [0.4, 0.5) is 5.69 Å². The summed E-state index contributed by atoms with van der Waals surface area (Å²) in [5.74, 6) is 0.886. The Hall–Kier alpha value is -1.02. The van der Waals surface area contributed by atoms with Crippen LogP contribution in [0.1, 0.15) is 38.5 Å². The molecule has 0 bridgehead atoms. The molecule has 18 heavy (non-hydrogen) atoms. The first kappa shape index (κ1) is 13.4. The predicted octanol–water partition coefficient (Wildman–Crippen LogP) is 3.42. The van der Waals surface area contributed by atoms with Crippen molar-refractivity contribution in [1.82, 2.24) is 0 Å². The van der Waals surface area contributed by atoms with Crippen LogP contribution < -0.4 is 10.6 Å². The number of hydrogen-bond acceptors (Lipinski definition) is 2. The zero-order valence-electron chi connectivity index (χ0n) is 11.4. The minimum absolute atomic E-state index is 0.786. The fraction of sp³-hybridized carbons (Fsp3) is 0.625. The lowest BCUT2D eigenvalue weighted by Crippen LogP contribution is -2.32. The van der Waals surface area contributed by atoms with Gasteiger partial charge in [0.1, 0.15) is 0 Å². The first-order valence-corrected chi connectivity index (χ1v) is 7.40. The Bertz CT molecular complexity index is 317. The number of rotatable bonds is 6. The molecule has 0 aromatic heterocycles. The minimum Gasteiger partial charge on any atom is -0.371 e. The maximum Gasteiger partial charge on any atom is 0.0366 e. The Morgan fingerprint density at radius 2 is 1.78 bits per heavy atom. The van der Waals surface area contributed by atoms with Crippen LogP contribution in [0.15, 0.2) is 30.3 Å². The normalized spacial score (nSPS) is 16.7. The molecule has 2 rings (SSSR count). The fourth-order valence-electron chi connectivity index (χ4n) is 2.93. The third-order valence-corrected chi connectivity index (χ3v) is 3.96. The molecule has 0 unspecified atom stereocenters. The zero-order valence-corrected chi connectivity index (χ0v) is 11.4. The molecule has 0 aliphatic heterocycles. The standard InChI is InChI=1S/C16H26N2/c17-12-7-13-18(16-10-5-2-6-11-16)14-15-8-3-1-4-9-15/h2,5-6,10-11,15H,1,3-4,7-9,12-14,17H2. The van der Waals surface area contributed by atoms with Gasteiger partial charge in [-0.3, -0.25) is 0 Å². The summed E-state index contributed by atoms with van der Waals surface area (Å²) in [4.78, 5) is 2.53. The van der Waals surface area contributed by atoms with Crippen LogP contribution in [-0.4, -0.2) is 19.6 Å². The lowest BCUT2D eigenvalue weighted by molar-refractivity contribution is 0.357. The van der Waals surface area contributed by atoms with Crippen molar-refractivity contribution in [2.75, 3.05) is 24.5 Å². The summed E-state index contributed by atoms with van der Waals surface area (Å²) in [6.07, 6.45) is 8.18. The lowest BCUT2D eigenvalue weighted by Gasteiger charge is -2.31. The van der Waals surface area contributed by atoms with Crippen LogP contribution in [0.25, 0.3) is 0 Å². The van der Waals surface area contributed by atoms with Gasteiger partial charge in [-0.1, -0.05) is 37.5 Å². The van der Waals surface area contributed by atoms with Gasteiger partial charge >= 0.3 is 0 Å². The van der Waals surface area contributed by atoms with Crippen molar-refractivity contribution in [3.63, 3.8) is 0 Å². The van der Waals surface area contributed by atoms with E-state index in [2.05, 4.69) is 35.2 Å². The van der Waals surface area contributed by atoms with E-state index in [1.807, 2.05) is 0 Å². The van der Waals surface area contributed by atoms with E-state index in [0.29, 0.717) is 0 Å². The van der Waals surface area contributed by atoms with Crippen LogP contribution in [0.5, 0.6) is 0 Å². The highest BCUT2D eigenvalue weighted by Crippen LogP contribution is 2.26. The van der Waals surface area contributed by atoms with Gasteiger partial charge in [-0.15, -0.1) is 0 Å². The minimum atomic E-state index is 0.786. The summed E-state index contributed by atoms with van der Waals surface area (Å²) in [7, 11) is 0. The molecule has 1 aliphatic rings. The lowest BCUT2D eigenvalue weighted by atomic mass is 9.89. The maximum atomic E-state index is 5.66. The van der Waals surface area contributed by atoms with E-state index in [1.165, 1.54) is 44.3 Å². The SMILES string of the molecule is NCCCN(CC1CCCCC1)c1ccccc1. The molecule has 1 aromatic carbocycles. The van der Waals surface area contributed by atoms with Gasteiger partial charge in [-0.25, -0.2) is 0 Å². The molecule has 0 radical (unpaired) electrons. The first-order chi connectivity index (χ1) is 8.90. The van der Waals surface area contributed by atoms with Crippen molar-refractivity contribution in [2.24, 2.45) is 11.7 Å². The van der Waals surface area contributed by atoms with E-state index < -0.39 is 0 Å². The van der Waals surface area contributed by atoms with E-state index in [-0.39, 0.29) is 0 Å². The average Bonchev–Trinajstić information content (AvgIpc) is 2.45. The number of hydrogen-bond donors (Lipinski definition) is 1. The Kier molecular flexibility index (Phi) is 5.53. The smallest absolute Gasteiger partial charge is 0.0366 e. The molecule has 100 valence electrons. The van der Waals surface area contributed by atoms with E-state index in [4.69, 9.17) is 5.73 Å². The average molecular weight is 246 g/mol. The summed E-state index contributed by atoms with van der Waals surface area (Å²) in [5.41, 5.74) is 7.02. The van der Waals surface area contributed by atoms with Gasteiger partial charge in [0.2, 0.25) is 0 Å². The number of nitrogens with zero attached hydrogens (tertiary/aromatic N) is 1. The van der Waals surface area contributed by atoms with Crippen molar-refractivity contribution in [3.05, 3.63) is 30.3 Å². The molecule has 0 spiro atoms. The highest BCUT2D eigenvalue weighted by molar-refractivity contribution is 5.45. The maximum absolute atomic E-state index is 5.66. The number of para-hydroxylation sites is 1. The Morgan fingerprint density at radius 3 is 2.44 bits per heavy atom. The number of anilines is 1. The van der Waals surface area contributed by atoms with Crippen LogP contribution in [0.2, 0.25) is 0 Å². The molecule has 1 fully saturated rings. The molecule has 1 saturated carbocycles. The van der Waals surface area contributed by atoms with Crippen molar-refractivity contribution in [1.29, 1.82) is 0 Å². The highest BCUT2D eigenvalue weighted by atomic mass is 15.1. The highest BCUT2D eigenvalue weighted by Gasteiger charge is 2.17. The van der Waals surface area contributed by atoms with Crippen LogP contribution in [0.3, 0.4) is 0 Å². The molecular formula is C16H26N2. The van der Waals surface area contributed by atoms with Crippen molar-refractivity contribution >= 4 is 5.69 Å². The second kappa shape index (κ2) is 7.42. The van der Waals surface area contributed by atoms with Gasteiger partial charge in [0.15, 0.2) is 0 Å². The summed E-state index contributed by atoms with van der Waals surface area (Å²) >= 11 is 0. The van der Waals surface area contributed by atoms with E-state index in [9.17, 15) is 0 Å². The molecule has 1 aliphatic carbocycles. The summed E-state index contributed by atoms with van der Waals surface area (Å²) in [5, 5.41) is 0. The third-order valence-electron chi connectivity index (χ3n) is 3.96. The molecule has 0 amide bonds. The quantitative estimate of drug-likeness (QED) is 0.833. The van der Waals surface area contributed by atoms with Gasteiger partial charge < -0.3 is 10.6 Å². The number of benzene rings is 1. The van der Waals surface area contributed by atoms with E-state index in [0.717, 1.165) is 25.4 Å². The molecule has 2 nitrogen and oxygen atoms in total. The van der Waals surface area contributed by atoms with Crippen molar-refractivity contribution in [3.8, 4) is 0 Å². The molecule has 1 aromatic rings. The zero-order chi connectivity index (χ0) is 12.6. The van der Waals surface area contributed by atoms with E-state index in [1.54, 1.807) is 0 Å². The second-order valence-electron chi connectivity index (χ2n) is 5.43. The first-order valence-electron chi connectivity index (χ1n) is 7.40. The summed E-state index contributed by atoms with van der Waals surface area (Å²) in [6.45, 7) is 3.09. The monoisotopic (exact) mass is 246 g/mol. The van der Waals surface area contributed by atoms with Gasteiger partial charge in [0, 0.05) is 18.8 Å². The molecule has 0 atom stereocenters. The fourth-order valence-corrected chi connectivity index (χ4v) is 2.93. The van der Waals surface area contributed by atoms with Crippen LogP contribution >= 0.6 is 0 Å². The Morgan fingerprint density at radius 1 is 1.06 bits per heavy atom. The topological polar surface area (TPSA) is 29.3 Å². The molecular weight excluding hydrogens is 220 g/mol. The molecule has 0 heterocycles. The molecule has 0 saturated heterocycles. The van der Waals surface area contributed by atoms with Crippen molar-refractivity contribution < 1.29 is 0 Å². The Balaban J connectivity index is 1.95. The molecule has 2 N–H and O–H groups in total. The summed E-state index contributed by atoms with van der Waals surface area (Å²) in [6, 6.07) is 10.8. The van der Waals surface area contributed by atoms with Crippen molar-refractivity contribution in [2.45, 2.75) is 38.5 Å². The summed E-state index contributed by atoms with van der Waals surface area (Å²) < 4.78 is 0. The van der Waals surface area contributed by atoms with Crippen LogP contribution in [-0.2, 0) is 0 Å². The Labute approximate surface area is 111 Å². The van der Waals surface area contributed by atoms with Gasteiger partial charge in [-0.2, -0.15) is 0 Å². The van der Waals surface area contributed by atoms with E-state index >= 15 is 0 Å². The second-order valence-corrected chi connectivity index (χ2v) is 5.43. The number of nitrogens with two attached hydrogens (primary N) is 1. The van der Waals surface area contributed by atoms with Crippen LogP contribution in [0, 0.1) is 5.92 Å². The van der Waals surface area contributed by atoms with Gasteiger partial charge in [0.05, 0.1) is 0 Å². The predicted molar refractivity (Wildman–Crippen MR) is 78.9 cm³/mol. The largest absolute Gasteiger partial charge is 0.371 e. The van der Waals surface area contributed by atoms with Gasteiger partial charge in [0.25, 0.3) is 0 Å². The van der Waals surface area contributed by atoms with Gasteiger partial charge in [-0.05, 0) is 43.9 Å². The third kappa shape index (κ3) is 4.02. The molecule has 2 heteroatoms.